The molecule has 0 aliphatic heterocycles. The summed E-state index contributed by atoms with van der Waals surface area (Å²) in [5, 5.41) is 21.0. The van der Waals surface area contributed by atoms with Gasteiger partial charge in [-0.3, -0.25) is 0 Å². The number of phenolic OH excluding ortho intramolecular Hbond substituents is 1. The first-order chi connectivity index (χ1) is 7.04. The molecule has 1 aromatic carbocycles. The van der Waals surface area contributed by atoms with Crippen LogP contribution >= 0.6 is 23.2 Å². The fraction of sp³-hybridized carbons (Fsp3) is 0.333. The fourth-order valence-corrected chi connectivity index (χ4v) is 1.23. The highest BCUT2D eigenvalue weighted by Gasteiger charge is 2.09. The Labute approximate surface area is 96.4 Å². The van der Waals surface area contributed by atoms with E-state index in [1.807, 2.05) is 0 Å². The van der Waals surface area contributed by atoms with Crippen molar-refractivity contribution in [2.75, 3.05) is 17.7 Å². The number of aliphatic hydroxyl groups excluding tert-OH is 1. The molecule has 1 atom stereocenters. The van der Waals surface area contributed by atoms with Crippen LogP contribution in [0, 0.1) is 5.82 Å². The molecule has 3 N–H and O–H groups in total. The van der Waals surface area contributed by atoms with Gasteiger partial charge in [0.05, 0.1) is 22.7 Å². The molecule has 84 valence electrons. The molecule has 0 radical (unpaired) electrons. The number of rotatable bonds is 4. The third-order valence-electron chi connectivity index (χ3n) is 1.74. The number of alkyl halides is 1. The van der Waals surface area contributed by atoms with Gasteiger partial charge in [-0.05, 0) is 0 Å². The van der Waals surface area contributed by atoms with E-state index < -0.39 is 11.9 Å². The van der Waals surface area contributed by atoms with Gasteiger partial charge in [0.15, 0.2) is 0 Å². The smallest absolute Gasteiger partial charge is 0.144 e. The zero-order valence-corrected chi connectivity index (χ0v) is 9.19. The van der Waals surface area contributed by atoms with Crippen molar-refractivity contribution in [3.8, 4) is 5.75 Å². The molecule has 1 rings (SSSR count). The Morgan fingerprint density at radius 3 is 2.73 bits per heavy atom. The normalized spacial score (nSPS) is 12.5. The lowest BCUT2D eigenvalue weighted by molar-refractivity contribution is 0.211. The van der Waals surface area contributed by atoms with Gasteiger partial charge in [-0.25, -0.2) is 4.39 Å². The lowest BCUT2D eigenvalue weighted by Gasteiger charge is -2.11. The molecule has 0 aliphatic rings. The average molecular weight is 254 g/mol. The minimum absolute atomic E-state index is 0.0594. The van der Waals surface area contributed by atoms with Crippen LogP contribution in [-0.2, 0) is 0 Å². The van der Waals surface area contributed by atoms with Crippen molar-refractivity contribution in [2.24, 2.45) is 0 Å². The number of anilines is 1. The summed E-state index contributed by atoms with van der Waals surface area (Å²) in [4.78, 5) is 0. The fourth-order valence-electron chi connectivity index (χ4n) is 0.960. The van der Waals surface area contributed by atoms with Crippen LogP contribution in [0.1, 0.15) is 0 Å². The molecule has 15 heavy (non-hydrogen) atoms. The molecule has 0 saturated carbocycles. The van der Waals surface area contributed by atoms with Crippen molar-refractivity contribution in [3.63, 3.8) is 0 Å². The standard InChI is InChI=1S/C9H10Cl2FNO2/c10-3-5(14)4-13-8-2-7(12)6(11)1-9(8)15/h1-2,5,13-15H,3-4H2. The Balaban J connectivity index is 2.73. The molecule has 0 aliphatic carbocycles. The van der Waals surface area contributed by atoms with Crippen LogP contribution in [0.5, 0.6) is 5.75 Å². The molecule has 0 bridgehead atoms. The number of hydrogen-bond acceptors (Lipinski definition) is 3. The van der Waals surface area contributed by atoms with E-state index >= 15 is 0 Å². The van der Waals surface area contributed by atoms with Crippen molar-refractivity contribution in [1.29, 1.82) is 0 Å². The van der Waals surface area contributed by atoms with Crippen LogP contribution in [0.25, 0.3) is 0 Å². The largest absolute Gasteiger partial charge is 0.506 e. The molecule has 0 spiro atoms. The van der Waals surface area contributed by atoms with Crippen LogP contribution in [0.15, 0.2) is 12.1 Å². The molecule has 0 aromatic heterocycles. The zero-order chi connectivity index (χ0) is 11.4. The van der Waals surface area contributed by atoms with E-state index in [9.17, 15) is 9.50 Å². The Bertz CT molecular complexity index is 349. The molecule has 0 saturated heterocycles. The van der Waals surface area contributed by atoms with Crippen molar-refractivity contribution in [3.05, 3.63) is 23.0 Å². The summed E-state index contributed by atoms with van der Waals surface area (Å²) < 4.78 is 13.0. The van der Waals surface area contributed by atoms with Crippen LogP contribution < -0.4 is 5.32 Å². The predicted molar refractivity (Wildman–Crippen MR) is 58.3 cm³/mol. The third kappa shape index (κ3) is 3.41. The molecule has 6 heteroatoms. The molecule has 3 nitrogen and oxygen atoms in total. The van der Waals surface area contributed by atoms with Gasteiger partial charge in [0.1, 0.15) is 11.6 Å². The van der Waals surface area contributed by atoms with Crippen molar-refractivity contribution in [1.82, 2.24) is 0 Å². The Morgan fingerprint density at radius 1 is 1.47 bits per heavy atom. The van der Waals surface area contributed by atoms with E-state index in [0.717, 1.165) is 12.1 Å². The molecule has 0 heterocycles. The summed E-state index contributed by atoms with van der Waals surface area (Å²) in [6.07, 6.45) is -0.759. The first-order valence-corrected chi connectivity index (χ1v) is 5.11. The number of nitrogens with one attached hydrogen (secondary N) is 1. The summed E-state index contributed by atoms with van der Waals surface area (Å²) in [5.41, 5.74) is 0.168. The van der Waals surface area contributed by atoms with E-state index in [0.29, 0.717) is 0 Å². The number of aliphatic hydroxyl groups is 1. The maximum Gasteiger partial charge on any atom is 0.144 e. The quantitative estimate of drug-likeness (QED) is 0.570. The molecule has 1 aromatic rings. The second-order valence-electron chi connectivity index (χ2n) is 2.97. The van der Waals surface area contributed by atoms with E-state index in [1.165, 1.54) is 0 Å². The number of halogens is 3. The summed E-state index contributed by atoms with van der Waals surface area (Å²) in [6, 6.07) is 2.14. The first-order valence-electron chi connectivity index (χ1n) is 4.20. The highest BCUT2D eigenvalue weighted by Crippen LogP contribution is 2.29. The SMILES string of the molecule is Oc1cc(Cl)c(F)cc1NCC(O)CCl. The lowest BCUT2D eigenvalue weighted by atomic mass is 10.2. The maximum absolute atomic E-state index is 13.0. The highest BCUT2D eigenvalue weighted by molar-refractivity contribution is 6.31. The predicted octanol–water partition coefficient (Wildman–Crippen LogP) is 2.20. The summed E-state index contributed by atoms with van der Waals surface area (Å²) in [6.45, 7) is 0.123. The van der Waals surface area contributed by atoms with Gasteiger partial charge in [0, 0.05) is 18.7 Å². The minimum atomic E-state index is -0.759. The third-order valence-corrected chi connectivity index (χ3v) is 2.39. The highest BCUT2D eigenvalue weighted by atomic mass is 35.5. The number of phenols is 1. The average Bonchev–Trinajstić information content (AvgIpc) is 2.21. The van der Waals surface area contributed by atoms with Crippen molar-refractivity contribution >= 4 is 28.9 Å². The van der Waals surface area contributed by atoms with E-state index in [2.05, 4.69) is 5.32 Å². The second kappa shape index (κ2) is 5.39. The molecular formula is C9H10Cl2FNO2. The van der Waals surface area contributed by atoms with Crippen LogP contribution in [-0.4, -0.2) is 28.7 Å². The molecule has 1 unspecified atom stereocenters. The van der Waals surface area contributed by atoms with Crippen LogP contribution in [0.4, 0.5) is 10.1 Å². The summed E-state index contributed by atoms with van der Waals surface area (Å²) in [7, 11) is 0. The van der Waals surface area contributed by atoms with Gasteiger partial charge in [0.25, 0.3) is 0 Å². The van der Waals surface area contributed by atoms with Gasteiger partial charge in [0.2, 0.25) is 0 Å². The summed E-state index contributed by atoms with van der Waals surface area (Å²) in [5.74, 6) is -0.760. The van der Waals surface area contributed by atoms with Crippen LogP contribution in [0.3, 0.4) is 0 Å². The molecular weight excluding hydrogens is 244 g/mol. The van der Waals surface area contributed by atoms with Crippen LogP contribution in [0.2, 0.25) is 5.02 Å². The van der Waals surface area contributed by atoms with E-state index in [4.69, 9.17) is 28.3 Å². The minimum Gasteiger partial charge on any atom is -0.506 e. The van der Waals surface area contributed by atoms with Crippen molar-refractivity contribution in [2.45, 2.75) is 6.10 Å². The van der Waals surface area contributed by atoms with Gasteiger partial charge in [-0.15, -0.1) is 11.6 Å². The van der Waals surface area contributed by atoms with E-state index in [-0.39, 0.29) is 28.9 Å². The first kappa shape index (κ1) is 12.4. The Morgan fingerprint density at radius 2 is 2.13 bits per heavy atom. The Kier molecular flexibility index (Phi) is 4.45. The number of aromatic hydroxyl groups is 1. The summed E-state index contributed by atoms with van der Waals surface area (Å²) >= 11 is 10.8. The number of benzene rings is 1. The number of hydrogen-bond donors (Lipinski definition) is 3. The van der Waals surface area contributed by atoms with E-state index in [1.54, 1.807) is 0 Å². The maximum atomic E-state index is 13.0. The van der Waals surface area contributed by atoms with Crippen molar-refractivity contribution < 1.29 is 14.6 Å². The monoisotopic (exact) mass is 253 g/mol. The second-order valence-corrected chi connectivity index (χ2v) is 3.69. The molecule has 0 fully saturated rings. The van der Waals surface area contributed by atoms with Gasteiger partial charge in [-0.1, -0.05) is 11.6 Å². The van der Waals surface area contributed by atoms with Gasteiger partial charge >= 0.3 is 0 Å². The molecule has 0 amide bonds. The Hall–Kier alpha value is -0.710. The van der Waals surface area contributed by atoms with Gasteiger partial charge in [-0.2, -0.15) is 0 Å². The zero-order valence-electron chi connectivity index (χ0n) is 7.67. The topological polar surface area (TPSA) is 52.5 Å². The lowest BCUT2D eigenvalue weighted by Crippen LogP contribution is -2.20. The van der Waals surface area contributed by atoms with Gasteiger partial charge < -0.3 is 15.5 Å².